The molecule has 4 nitrogen and oxygen atoms in total. The van der Waals surface area contributed by atoms with Crippen molar-refractivity contribution in [2.24, 2.45) is 0 Å². The molecule has 0 bridgehead atoms. The van der Waals surface area contributed by atoms with E-state index >= 15 is 0 Å². The Labute approximate surface area is 101 Å². The van der Waals surface area contributed by atoms with E-state index in [1.807, 2.05) is 25.1 Å². The van der Waals surface area contributed by atoms with Gasteiger partial charge in [0.2, 0.25) is 0 Å². The summed E-state index contributed by atoms with van der Waals surface area (Å²) in [5.41, 5.74) is 1.54. The molecule has 0 fully saturated rings. The summed E-state index contributed by atoms with van der Waals surface area (Å²) in [5, 5.41) is 2.83. The van der Waals surface area contributed by atoms with E-state index in [0.29, 0.717) is 31.6 Å². The second-order valence-corrected chi connectivity index (χ2v) is 3.63. The Kier molecular flexibility index (Phi) is 5.79. The van der Waals surface area contributed by atoms with Gasteiger partial charge in [0.25, 0.3) is 12.4 Å². The standard InChI is InChI=1S/C13H17NO3/c1-2-8-14-13(16)12-6-4-3-5-11(12)7-9-17-10-15/h3-6,10H,2,7-9H2,1H3,(H,14,16). The Balaban J connectivity index is 2.69. The summed E-state index contributed by atoms with van der Waals surface area (Å²) in [7, 11) is 0. The number of rotatable bonds is 7. The highest BCUT2D eigenvalue weighted by atomic mass is 16.5. The zero-order valence-corrected chi connectivity index (χ0v) is 9.94. The van der Waals surface area contributed by atoms with E-state index in [2.05, 4.69) is 10.1 Å². The molecule has 1 amide bonds. The molecule has 0 saturated heterocycles. The van der Waals surface area contributed by atoms with Gasteiger partial charge >= 0.3 is 0 Å². The third-order valence-corrected chi connectivity index (χ3v) is 2.35. The molecule has 1 rings (SSSR count). The molecule has 0 atom stereocenters. The van der Waals surface area contributed by atoms with E-state index in [9.17, 15) is 9.59 Å². The highest BCUT2D eigenvalue weighted by molar-refractivity contribution is 5.95. The number of carbonyl (C=O) groups excluding carboxylic acids is 2. The summed E-state index contributed by atoms with van der Waals surface area (Å²) in [5.74, 6) is -0.0754. The van der Waals surface area contributed by atoms with Crippen molar-refractivity contribution < 1.29 is 14.3 Å². The Hall–Kier alpha value is -1.84. The van der Waals surface area contributed by atoms with Crippen LogP contribution in [0.25, 0.3) is 0 Å². The Morgan fingerprint density at radius 1 is 1.41 bits per heavy atom. The van der Waals surface area contributed by atoms with Crippen LogP contribution in [0.1, 0.15) is 29.3 Å². The second kappa shape index (κ2) is 7.44. The molecule has 1 aromatic carbocycles. The zero-order chi connectivity index (χ0) is 12.5. The number of amides is 1. The largest absolute Gasteiger partial charge is 0.468 e. The molecule has 0 aliphatic carbocycles. The van der Waals surface area contributed by atoms with E-state index in [1.54, 1.807) is 6.07 Å². The lowest BCUT2D eigenvalue weighted by Crippen LogP contribution is -2.25. The normalized spacial score (nSPS) is 9.71. The predicted molar refractivity (Wildman–Crippen MR) is 64.8 cm³/mol. The molecule has 0 saturated carbocycles. The van der Waals surface area contributed by atoms with Crippen LogP contribution in [0.5, 0.6) is 0 Å². The van der Waals surface area contributed by atoms with Gasteiger partial charge in [-0.15, -0.1) is 0 Å². The third-order valence-electron chi connectivity index (χ3n) is 2.35. The van der Waals surface area contributed by atoms with Gasteiger partial charge in [0.1, 0.15) is 0 Å². The minimum absolute atomic E-state index is 0.0754. The van der Waals surface area contributed by atoms with Gasteiger partial charge in [-0.05, 0) is 18.1 Å². The van der Waals surface area contributed by atoms with Crippen molar-refractivity contribution in [2.45, 2.75) is 19.8 Å². The molecule has 92 valence electrons. The fourth-order valence-electron chi connectivity index (χ4n) is 1.51. The molecular weight excluding hydrogens is 218 g/mol. The Bertz CT molecular complexity index is 377. The Morgan fingerprint density at radius 2 is 2.18 bits per heavy atom. The fraction of sp³-hybridized carbons (Fsp3) is 0.385. The monoisotopic (exact) mass is 235 g/mol. The number of ether oxygens (including phenoxy) is 1. The van der Waals surface area contributed by atoms with Gasteiger partial charge in [0.15, 0.2) is 0 Å². The van der Waals surface area contributed by atoms with Crippen LogP contribution in [0.2, 0.25) is 0 Å². The number of nitrogens with one attached hydrogen (secondary N) is 1. The van der Waals surface area contributed by atoms with Gasteiger partial charge in [-0.2, -0.15) is 0 Å². The summed E-state index contributed by atoms with van der Waals surface area (Å²) >= 11 is 0. The van der Waals surface area contributed by atoms with E-state index < -0.39 is 0 Å². The highest BCUT2D eigenvalue weighted by Gasteiger charge is 2.09. The average molecular weight is 235 g/mol. The summed E-state index contributed by atoms with van der Waals surface area (Å²) in [6.07, 6.45) is 1.45. The van der Waals surface area contributed by atoms with E-state index in [4.69, 9.17) is 0 Å². The fourth-order valence-corrected chi connectivity index (χ4v) is 1.51. The third kappa shape index (κ3) is 4.26. The van der Waals surface area contributed by atoms with Crippen molar-refractivity contribution >= 4 is 12.4 Å². The number of hydrogen-bond acceptors (Lipinski definition) is 3. The molecule has 0 unspecified atom stereocenters. The summed E-state index contributed by atoms with van der Waals surface area (Å²) < 4.78 is 4.64. The first-order valence-corrected chi connectivity index (χ1v) is 5.71. The van der Waals surface area contributed by atoms with Crippen LogP contribution in [0, 0.1) is 0 Å². The van der Waals surface area contributed by atoms with Crippen molar-refractivity contribution in [3.05, 3.63) is 35.4 Å². The zero-order valence-electron chi connectivity index (χ0n) is 9.94. The van der Waals surface area contributed by atoms with Gasteiger partial charge in [0.05, 0.1) is 6.61 Å². The predicted octanol–water partition coefficient (Wildman–Crippen LogP) is 1.54. The van der Waals surface area contributed by atoms with E-state index in [-0.39, 0.29) is 5.91 Å². The van der Waals surface area contributed by atoms with Crippen LogP contribution >= 0.6 is 0 Å². The van der Waals surface area contributed by atoms with Crippen LogP contribution < -0.4 is 5.32 Å². The lowest BCUT2D eigenvalue weighted by Gasteiger charge is -2.09. The lowest BCUT2D eigenvalue weighted by atomic mass is 10.0. The van der Waals surface area contributed by atoms with Gasteiger partial charge in [-0.3, -0.25) is 9.59 Å². The van der Waals surface area contributed by atoms with Crippen LogP contribution in [-0.4, -0.2) is 25.5 Å². The van der Waals surface area contributed by atoms with Crippen LogP contribution in [-0.2, 0) is 16.0 Å². The summed E-state index contributed by atoms with van der Waals surface area (Å²) in [4.78, 5) is 21.9. The summed E-state index contributed by atoms with van der Waals surface area (Å²) in [6, 6.07) is 7.34. The molecule has 0 heterocycles. The second-order valence-electron chi connectivity index (χ2n) is 3.63. The van der Waals surface area contributed by atoms with Gasteiger partial charge in [-0.25, -0.2) is 0 Å². The number of carbonyl (C=O) groups is 2. The van der Waals surface area contributed by atoms with E-state index in [1.165, 1.54) is 0 Å². The maximum Gasteiger partial charge on any atom is 0.293 e. The molecule has 0 aliphatic heterocycles. The first-order valence-electron chi connectivity index (χ1n) is 5.71. The molecule has 17 heavy (non-hydrogen) atoms. The quantitative estimate of drug-likeness (QED) is 0.576. The lowest BCUT2D eigenvalue weighted by molar-refractivity contribution is -0.128. The molecule has 1 N–H and O–H groups in total. The van der Waals surface area contributed by atoms with E-state index in [0.717, 1.165) is 12.0 Å². The van der Waals surface area contributed by atoms with Gasteiger partial charge < -0.3 is 10.1 Å². The molecular formula is C13H17NO3. The molecule has 0 spiro atoms. The summed E-state index contributed by atoms with van der Waals surface area (Å²) in [6.45, 7) is 3.38. The van der Waals surface area contributed by atoms with Crippen molar-refractivity contribution in [1.29, 1.82) is 0 Å². The molecule has 1 aromatic rings. The molecule has 0 aliphatic rings. The topological polar surface area (TPSA) is 55.4 Å². The van der Waals surface area contributed by atoms with Crippen molar-refractivity contribution in [3.8, 4) is 0 Å². The SMILES string of the molecule is CCCNC(=O)c1ccccc1CCOC=O. The van der Waals surface area contributed by atoms with Gasteiger partial charge in [-0.1, -0.05) is 25.1 Å². The minimum Gasteiger partial charge on any atom is -0.468 e. The van der Waals surface area contributed by atoms with Crippen LogP contribution in [0.3, 0.4) is 0 Å². The Morgan fingerprint density at radius 3 is 2.88 bits per heavy atom. The van der Waals surface area contributed by atoms with Gasteiger partial charge in [0, 0.05) is 18.5 Å². The number of benzene rings is 1. The molecule has 0 radical (unpaired) electrons. The van der Waals surface area contributed by atoms with Crippen LogP contribution in [0.4, 0.5) is 0 Å². The minimum atomic E-state index is -0.0754. The van der Waals surface area contributed by atoms with Crippen LogP contribution in [0.15, 0.2) is 24.3 Å². The average Bonchev–Trinajstić information content (AvgIpc) is 2.37. The van der Waals surface area contributed by atoms with Crippen molar-refractivity contribution in [2.75, 3.05) is 13.2 Å². The molecule has 4 heteroatoms. The maximum atomic E-state index is 11.8. The molecule has 0 aromatic heterocycles. The highest BCUT2D eigenvalue weighted by Crippen LogP contribution is 2.09. The first kappa shape index (κ1) is 13.2. The van der Waals surface area contributed by atoms with Crippen molar-refractivity contribution in [3.63, 3.8) is 0 Å². The smallest absolute Gasteiger partial charge is 0.293 e. The first-order chi connectivity index (χ1) is 8.29. The van der Waals surface area contributed by atoms with Crippen molar-refractivity contribution in [1.82, 2.24) is 5.32 Å². The number of hydrogen-bond donors (Lipinski definition) is 1. The maximum absolute atomic E-state index is 11.8.